The number of nitriles is 1. The fraction of sp³-hybridized carbons (Fsp3) is 0.467. The van der Waals surface area contributed by atoms with Gasteiger partial charge < -0.3 is 5.32 Å². The lowest BCUT2D eigenvalue weighted by molar-refractivity contribution is -0.116. The van der Waals surface area contributed by atoms with Gasteiger partial charge in [-0.3, -0.25) is 4.79 Å². The Balaban J connectivity index is 2.47. The highest BCUT2D eigenvalue weighted by Crippen LogP contribution is 2.17. The number of carbonyl (C=O) groups excluding carboxylic acids is 1. The molecule has 6 heteroatoms. The van der Waals surface area contributed by atoms with Gasteiger partial charge >= 0.3 is 0 Å². The summed E-state index contributed by atoms with van der Waals surface area (Å²) < 4.78 is 23.0. The molecule has 0 aliphatic rings. The number of benzene rings is 1. The molecule has 1 amide bonds. The van der Waals surface area contributed by atoms with E-state index in [0.717, 1.165) is 0 Å². The van der Waals surface area contributed by atoms with Gasteiger partial charge in [-0.15, -0.1) is 0 Å². The normalized spacial score (nSPS) is 11.7. The number of hydrogen-bond donors (Lipinski definition) is 1. The molecule has 0 radical (unpaired) electrons. The summed E-state index contributed by atoms with van der Waals surface area (Å²) in [6.45, 7) is 4.96. The zero-order chi connectivity index (χ0) is 16.1. The number of carbonyl (C=O) groups is 1. The summed E-state index contributed by atoms with van der Waals surface area (Å²) in [6.07, 6.45) is 0.441. The Morgan fingerprint density at radius 2 is 1.81 bits per heavy atom. The van der Waals surface area contributed by atoms with Gasteiger partial charge in [-0.2, -0.15) is 5.26 Å². The zero-order valence-corrected chi connectivity index (χ0v) is 13.3. The van der Waals surface area contributed by atoms with Crippen LogP contribution in [0.5, 0.6) is 0 Å². The monoisotopic (exact) mass is 308 g/mol. The van der Waals surface area contributed by atoms with Gasteiger partial charge in [-0.1, -0.05) is 0 Å². The number of hydrogen-bond acceptors (Lipinski definition) is 4. The number of anilines is 1. The van der Waals surface area contributed by atoms with Crippen LogP contribution in [0.1, 0.15) is 39.2 Å². The predicted molar refractivity (Wildman–Crippen MR) is 82.6 cm³/mol. The van der Waals surface area contributed by atoms with E-state index in [0.29, 0.717) is 17.7 Å². The summed E-state index contributed by atoms with van der Waals surface area (Å²) in [5.74, 6) is -0.235. The van der Waals surface area contributed by atoms with E-state index in [-0.39, 0.29) is 18.1 Å². The Morgan fingerprint density at radius 1 is 1.24 bits per heavy atom. The maximum absolute atomic E-state index is 11.9. The molecule has 0 aliphatic carbocycles. The molecule has 1 aromatic rings. The summed E-state index contributed by atoms with van der Waals surface area (Å²) >= 11 is 0. The average Bonchev–Trinajstić information content (AvgIpc) is 2.38. The first kappa shape index (κ1) is 17.2. The van der Waals surface area contributed by atoms with Crippen molar-refractivity contribution >= 4 is 21.4 Å². The van der Waals surface area contributed by atoms with E-state index in [4.69, 9.17) is 5.26 Å². The molecule has 5 nitrogen and oxygen atoms in total. The van der Waals surface area contributed by atoms with Gasteiger partial charge in [0.2, 0.25) is 5.91 Å². The molecule has 0 saturated heterocycles. The highest BCUT2D eigenvalue weighted by molar-refractivity contribution is 7.92. The predicted octanol–water partition coefficient (Wildman–Crippen LogP) is 2.49. The van der Waals surface area contributed by atoms with Gasteiger partial charge in [0.15, 0.2) is 9.84 Å². The first-order chi connectivity index (χ1) is 9.65. The van der Waals surface area contributed by atoms with E-state index in [1.54, 1.807) is 45.0 Å². The van der Waals surface area contributed by atoms with Crippen LogP contribution in [0.15, 0.2) is 24.3 Å². The summed E-state index contributed by atoms with van der Waals surface area (Å²) in [4.78, 5) is 11.7. The minimum absolute atomic E-state index is 0.00269. The Hall–Kier alpha value is -1.87. The first-order valence-electron chi connectivity index (χ1n) is 6.68. The first-order valence-corrected chi connectivity index (χ1v) is 8.33. The number of nitrogens with zero attached hydrogens (tertiary/aromatic N) is 1. The Bertz CT molecular complexity index is 635. The molecule has 0 heterocycles. The van der Waals surface area contributed by atoms with Crippen LogP contribution in [0.25, 0.3) is 0 Å². The molecular formula is C15H20N2O3S. The highest BCUT2D eigenvalue weighted by Gasteiger charge is 2.28. The lowest BCUT2D eigenvalue weighted by Gasteiger charge is -2.18. The molecular weight excluding hydrogens is 288 g/mol. The van der Waals surface area contributed by atoms with Gasteiger partial charge in [0.25, 0.3) is 0 Å². The lowest BCUT2D eigenvalue weighted by atomic mass is 10.2. The van der Waals surface area contributed by atoms with Crippen LogP contribution in [0, 0.1) is 11.3 Å². The molecule has 0 spiro atoms. The summed E-state index contributed by atoms with van der Waals surface area (Å²) in [6, 6.07) is 8.50. The molecule has 0 bridgehead atoms. The third kappa shape index (κ3) is 5.20. The molecule has 1 rings (SSSR count). The van der Waals surface area contributed by atoms with Gasteiger partial charge in [-0.25, -0.2) is 8.42 Å². The minimum atomic E-state index is -3.19. The quantitative estimate of drug-likeness (QED) is 0.905. The minimum Gasteiger partial charge on any atom is -0.326 e. The molecule has 114 valence electrons. The Kier molecular flexibility index (Phi) is 5.50. The standard InChI is InChI=1S/C15H20N2O3S/c1-15(2,3)21(19,20)10-4-5-14(18)17-13-8-6-12(11-16)7-9-13/h6-9H,4-5,10H2,1-3H3,(H,17,18). The van der Waals surface area contributed by atoms with Gasteiger partial charge in [-0.05, 0) is 51.5 Å². The molecule has 0 aliphatic heterocycles. The number of sulfone groups is 1. The number of nitrogens with one attached hydrogen (secondary N) is 1. The fourth-order valence-corrected chi connectivity index (χ4v) is 2.72. The molecule has 0 fully saturated rings. The molecule has 0 unspecified atom stereocenters. The third-order valence-corrected chi connectivity index (χ3v) is 5.74. The summed E-state index contributed by atoms with van der Waals surface area (Å²) in [5.41, 5.74) is 1.11. The van der Waals surface area contributed by atoms with Crippen LogP contribution in [-0.2, 0) is 14.6 Å². The molecule has 0 aromatic heterocycles. The van der Waals surface area contributed by atoms with E-state index in [1.165, 1.54) is 0 Å². The molecule has 0 saturated carbocycles. The number of amides is 1. The van der Waals surface area contributed by atoms with Crippen LogP contribution in [-0.4, -0.2) is 24.8 Å². The topological polar surface area (TPSA) is 87.0 Å². The smallest absolute Gasteiger partial charge is 0.224 e. The van der Waals surface area contributed by atoms with Crippen molar-refractivity contribution in [2.45, 2.75) is 38.4 Å². The van der Waals surface area contributed by atoms with Crippen molar-refractivity contribution in [2.24, 2.45) is 0 Å². The van der Waals surface area contributed by atoms with E-state index >= 15 is 0 Å². The van der Waals surface area contributed by atoms with Crippen molar-refractivity contribution in [1.82, 2.24) is 0 Å². The largest absolute Gasteiger partial charge is 0.326 e. The van der Waals surface area contributed by atoms with Crippen molar-refractivity contribution in [3.8, 4) is 6.07 Å². The second kappa shape index (κ2) is 6.72. The fourth-order valence-electron chi connectivity index (χ4n) is 1.58. The second-order valence-corrected chi connectivity index (χ2v) is 8.63. The van der Waals surface area contributed by atoms with E-state index in [2.05, 4.69) is 5.32 Å². The molecule has 1 N–H and O–H groups in total. The lowest BCUT2D eigenvalue weighted by Crippen LogP contribution is -2.30. The van der Waals surface area contributed by atoms with Crippen LogP contribution >= 0.6 is 0 Å². The average molecular weight is 308 g/mol. The van der Waals surface area contributed by atoms with Gasteiger partial charge in [0, 0.05) is 12.1 Å². The van der Waals surface area contributed by atoms with Crippen LogP contribution in [0.3, 0.4) is 0 Å². The zero-order valence-electron chi connectivity index (χ0n) is 12.5. The van der Waals surface area contributed by atoms with Crippen molar-refractivity contribution in [2.75, 3.05) is 11.1 Å². The molecule has 0 atom stereocenters. The highest BCUT2D eigenvalue weighted by atomic mass is 32.2. The SMILES string of the molecule is CC(C)(C)S(=O)(=O)CCCC(=O)Nc1ccc(C#N)cc1. The third-order valence-electron chi connectivity index (χ3n) is 3.05. The Labute approximate surface area is 125 Å². The Morgan fingerprint density at radius 3 is 2.29 bits per heavy atom. The second-order valence-electron chi connectivity index (χ2n) is 5.77. The summed E-state index contributed by atoms with van der Waals surface area (Å²) in [7, 11) is -3.19. The van der Waals surface area contributed by atoms with Crippen molar-refractivity contribution < 1.29 is 13.2 Å². The van der Waals surface area contributed by atoms with Crippen molar-refractivity contribution in [3.63, 3.8) is 0 Å². The van der Waals surface area contributed by atoms with E-state index in [9.17, 15) is 13.2 Å². The van der Waals surface area contributed by atoms with E-state index < -0.39 is 14.6 Å². The van der Waals surface area contributed by atoms with Gasteiger partial charge in [0.1, 0.15) is 0 Å². The van der Waals surface area contributed by atoms with Crippen molar-refractivity contribution in [3.05, 3.63) is 29.8 Å². The van der Waals surface area contributed by atoms with Crippen LogP contribution in [0.4, 0.5) is 5.69 Å². The number of rotatable bonds is 5. The maximum Gasteiger partial charge on any atom is 0.224 e. The maximum atomic E-state index is 11.9. The van der Waals surface area contributed by atoms with Gasteiger partial charge in [0.05, 0.1) is 22.1 Å². The van der Waals surface area contributed by atoms with Crippen molar-refractivity contribution in [1.29, 1.82) is 5.26 Å². The van der Waals surface area contributed by atoms with E-state index in [1.807, 2.05) is 6.07 Å². The molecule has 21 heavy (non-hydrogen) atoms. The van der Waals surface area contributed by atoms with Crippen LogP contribution < -0.4 is 5.32 Å². The van der Waals surface area contributed by atoms with Crippen LogP contribution in [0.2, 0.25) is 0 Å². The molecule has 1 aromatic carbocycles. The summed E-state index contributed by atoms with van der Waals surface area (Å²) in [5, 5.41) is 11.3.